The lowest BCUT2D eigenvalue weighted by Gasteiger charge is -2.35. The van der Waals surface area contributed by atoms with Crippen molar-refractivity contribution in [3.8, 4) is 0 Å². The van der Waals surface area contributed by atoms with Crippen molar-refractivity contribution < 1.29 is 17.6 Å². The quantitative estimate of drug-likeness (QED) is 0.633. The van der Waals surface area contributed by atoms with Crippen LogP contribution in [0, 0.1) is 4.91 Å². The molecule has 0 atom stereocenters. The van der Waals surface area contributed by atoms with E-state index in [-0.39, 0.29) is 5.69 Å². The Morgan fingerprint density at radius 3 is 2.29 bits per heavy atom. The molecule has 0 radical (unpaired) electrons. The molecule has 1 saturated heterocycles. The van der Waals surface area contributed by atoms with E-state index in [1.165, 1.54) is 6.07 Å². The maximum atomic E-state index is 12.8. The summed E-state index contributed by atoms with van der Waals surface area (Å²) in [6.45, 7) is 2.01. The monoisotopic (exact) mass is 305 g/mol. The van der Waals surface area contributed by atoms with Gasteiger partial charge < -0.3 is 4.90 Å². The van der Waals surface area contributed by atoms with Gasteiger partial charge in [-0.2, -0.15) is 13.2 Å². The van der Waals surface area contributed by atoms with E-state index in [0.29, 0.717) is 38.4 Å². The van der Waals surface area contributed by atoms with Crippen molar-refractivity contribution in [1.82, 2.24) is 4.90 Å². The molecule has 1 fully saturated rings. The number of rotatable bonds is 4. The minimum Gasteiger partial charge on any atom is -0.369 e. The molecule has 0 aliphatic carbocycles. The topological polar surface area (TPSA) is 35.9 Å². The van der Waals surface area contributed by atoms with Crippen molar-refractivity contribution in [2.75, 3.05) is 44.3 Å². The number of benzene rings is 1. The predicted molar refractivity (Wildman–Crippen MR) is 71.5 cm³/mol. The largest absolute Gasteiger partial charge is 0.416 e. The Kier molecular flexibility index (Phi) is 4.76. The number of piperazine rings is 1. The molecule has 0 spiro atoms. The van der Waals surface area contributed by atoms with Crippen LogP contribution in [0.5, 0.6) is 0 Å². The molecule has 0 unspecified atom stereocenters. The first kappa shape index (κ1) is 15.7. The smallest absolute Gasteiger partial charge is 0.369 e. The molecule has 8 heteroatoms. The van der Waals surface area contributed by atoms with Crippen LogP contribution in [0.25, 0.3) is 0 Å². The number of alkyl halides is 4. The fraction of sp³-hybridized carbons (Fsp3) is 0.538. The molecule has 1 heterocycles. The normalized spacial score (nSPS) is 17.0. The van der Waals surface area contributed by atoms with Crippen LogP contribution in [0.15, 0.2) is 23.4 Å². The lowest BCUT2D eigenvalue weighted by atomic mass is 10.1. The van der Waals surface area contributed by atoms with Gasteiger partial charge in [-0.3, -0.25) is 4.90 Å². The molecular formula is C13H15F4N3O. The molecule has 1 aromatic rings. The second-order valence-electron chi connectivity index (χ2n) is 4.84. The molecule has 0 bridgehead atoms. The van der Waals surface area contributed by atoms with Crippen LogP contribution in [0.3, 0.4) is 0 Å². The zero-order valence-corrected chi connectivity index (χ0v) is 11.2. The number of anilines is 1. The van der Waals surface area contributed by atoms with E-state index in [2.05, 4.69) is 5.18 Å². The standard InChI is InChI=1S/C13H15F4N3O/c14-1-2-19-3-5-20(6-4-19)12-8-10(13(15,16)17)7-11(9-12)18-21/h7-9H,1-6H2. The first-order valence-corrected chi connectivity index (χ1v) is 6.53. The summed E-state index contributed by atoms with van der Waals surface area (Å²) >= 11 is 0. The van der Waals surface area contributed by atoms with Crippen LogP contribution in [0.4, 0.5) is 28.9 Å². The molecule has 4 nitrogen and oxygen atoms in total. The van der Waals surface area contributed by atoms with Gasteiger partial charge in [-0.1, -0.05) is 0 Å². The third kappa shape index (κ3) is 3.90. The summed E-state index contributed by atoms with van der Waals surface area (Å²) in [5.41, 5.74) is -0.814. The lowest BCUT2D eigenvalue weighted by Crippen LogP contribution is -2.47. The van der Waals surface area contributed by atoms with Gasteiger partial charge in [-0.15, -0.1) is 4.91 Å². The molecule has 1 aliphatic heterocycles. The molecule has 0 aromatic heterocycles. The highest BCUT2D eigenvalue weighted by Gasteiger charge is 2.32. The van der Waals surface area contributed by atoms with Gasteiger partial charge in [0, 0.05) is 38.4 Å². The van der Waals surface area contributed by atoms with Crippen molar-refractivity contribution in [3.63, 3.8) is 0 Å². The van der Waals surface area contributed by atoms with Crippen LogP contribution in [0.2, 0.25) is 0 Å². The Bertz CT molecular complexity index is 499. The van der Waals surface area contributed by atoms with E-state index in [1.54, 1.807) is 4.90 Å². The second kappa shape index (κ2) is 6.38. The molecule has 2 rings (SSSR count). The Morgan fingerprint density at radius 2 is 1.76 bits per heavy atom. The number of halogens is 4. The number of nitroso groups, excluding NO2 is 1. The summed E-state index contributed by atoms with van der Waals surface area (Å²) in [6, 6.07) is 3.09. The fourth-order valence-electron chi connectivity index (χ4n) is 2.34. The number of hydrogen-bond acceptors (Lipinski definition) is 4. The van der Waals surface area contributed by atoms with Gasteiger partial charge >= 0.3 is 6.18 Å². The Morgan fingerprint density at radius 1 is 1.10 bits per heavy atom. The number of nitrogens with zero attached hydrogens (tertiary/aromatic N) is 3. The van der Waals surface area contributed by atoms with E-state index < -0.39 is 18.4 Å². The number of hydrogen-bond donors (Lipinski definition) is 0. The van der Waals surface area contributed by atoms with Crippen molar-refractivity contribution in [2.24, 2.45) is 5.18 Å². The van der Waals surface area contributed by atoms with Crippen LogP contribution in [-0.2, 0) is 6.18 Å². The maximum absolute atomic E-state index is 12.8. The summed E-state index contributed by atoms with van der Waals surface area (Å²) < 4.78 is 50.7. The first-order chi connectivity index (χ1) is 9.94. The Hall–Kier alpha value is -1.70. The van der Waals surface area contributed by atoms with E-state index >= 15 is 0 Å². The van der Waals surface area contributed by atoms with Crippen LogP contribution >= 0.6 is 0 Å². The molecular weight excluding hydrogens is 290 g/mol. The fourth-order valence-corrected chi connectivity index (χ4v) is 2.34. The average molecular weight is 305 g/mol. The lowest BCUT2D eigenvalue weighted by molar-refractivity contribution is -0.137. The predicted octanol–water partition coefficient (Wildman–Crippen LogP) is 3.19. The highest BCUT2D eigenvalue weighted by molar-refractivity contribution is 5.59. The van der Waals surface area contributed by atoms with Gasteiger partial charge in [0.05, 0.1) is 5.56 Å². The van der Waals surface area contributed by atoms with Crippen molar-refractivity contribution in [1.29, 1.82) is 0 Å². The van der Waals surface area contributed by atoms with E-state index in [0.717, 1.165) is 12.1 Å². The highest BCUT2D eigenvalue weighted by Crippen LogP contribution is 2.35. The second-order valence-corrected chi connectivity index (χ2v) is 4.84. The summed E-state index contributed by atoms with van der Waals surface area (Å²) in [5.74, 6) is 0. The van der Waals surface area contributed by atoms with E-state index in [4.69, 9.17) is 0 Å². The van der Waals surface area contributed by atoms with Gasteiger partial charge in [0.2, 0.25) is 0 Å². The summed E-state index contributed by atoms with van der Waals surface area (Å²) in [5, 5.41) is 2.61. The Labute approximate surface area is 119 Å². The van der Waals surface area contributed by atoms with Gasteiger partial charge in [0.15, 0.2) is 0 Å². The highest BCUT2D eigenvalue weighted by atomic mass is 19.4. The van der Waals surface area contributed by atoms with Gasteiger partial charge in [0.1, 0.15) is 12.4 Å². The molecule has 21 heavy (non-hydrogen) atoms. The van der Waals surface area contributed by atoms with Crippen molar-refractivity contribution in [3.05, 3.63) is 28.7 Å². The van der Waals surface area contributed by atoms with Gasteiger partial charge in [-0.25, -0.2) is 4.39 Å². The molecule has 1 aliphatic rings. The summed E-state index contributed by atoms with van der Waals surface area (Å²) in [6.07, 6.45) is -4.52. The first-order valence-electron chi connectivity index (χ1n) is 6.53. The maximum Gasteiger partial charge on any atom is 0.416 e. The van der Waals surface area contributed by atoms with E-state index in [9.17, 15) is 22.5 Å². The minimum absolute atomic E-state index is 0.244. The Balaban J connectivity index is 2.18. The van der Waals surface area contributed by atoms with Crippen LogP contribution in [-0.4, -0.2) is 44.3 Å². The third-order valence-electron chi connectivity index (χ3n) is 3.47. The minimum atomic E-state index is -4.52. The third-order valence-corrected chi connectivity index (χ3v) is 3.47. The van der Waals surface area contributed by atoms with Gasteiger partial charge in [-0.05, 0) is 23.4 Å². The average Bonchev–Trinajstić information content (AvgIpc) is 2.47. The summed E-state index contributed by atoms with van der Waals surface area (Å²) in [7, 11) is 0. The van der Waals surface area contributed by atoms with E-state index in [1.807, 2.05) is 4.90 Å². The molecule has 116 valence electrons. The zero-order chi connectivity index (χ0) is 15.5. The SMILES string of the molecule is O=Nc1cc(N2CCN(CCF)CC2)cc(C(F)(F)F)c1. The van der Waals surface area contributed by atoms with Crippen molar-refractivity contribution >= 4 is 11.4 Å². The van der Waals surface area contributed by atoms with Crippen molar-refractivity contribution in [2.45, 2.75) is 6.18 Å². The van der Waals surface area contributed by atoms with Gasteiger partial charge in [0.25, 0.3) is 0 Å². The molecule has 0 saturated carbocycles. The molecule has 1 aromatic carbocycles. The molecule has 0 N–H and O–H groups in total. The summed E-state index contributed by atoms with van der Waals surface area (Å²) in [4.78, 5) is 14.2. The van der Waals surface area contributed by atoms with Crippen LogP contribution < -0.4 is 4.90 Å². The zero-order valence-electron chi connectivity index (χ0n) is 11.2. The van der Waals surface area contributed by atoms with Crippen LogP contribution in [0.1, 0.15) is 5.56 Å². The molecule has 0 amide bonds.